The number of carboxylic acids is 1. The molecule has 1 aliphatic heterocycles. The fraction of sp³-hybridized carbons (Fsp3) is 0.500. The van der Waals surface area contributed by atoms with Crippen LogP contribution < -0.4 is 0 Å². The van der Waals surface area contributed by atoms with E-state index in [2.05, 4.69) is 0 Å². The monoisotopic (exact) mass is 641 g/mol. The lowest BCUT2D eigenvalue weighted by atomic mass is 9.71. The molecule has 1 atom stereocenters. The molecule has 1 saturated carbocycles. The maximum Gasteiger partial charge on any atom is 0.435 e. The van der Waals surface area contributed by atoms with Crippen LogP contribution in [0.1, 0.15) is 50.2 Å². The van der Waals surface area contributed by atoms with Gasteiger partial charge in [0.05, 0.1) is 10.8 Å². The fourth-order valence-corrected chi connectivity index (χ4v) is 8.07. The van der Waals surface area contributed by atoms with Gasteiger partial charge in [-0.1, -0.05) is 31.2 Å². The molecular weight excluding hydrogens is 614 g/mol. The van der Waals surface area contributed by atoms with E-state index in [4.69, 9.17) is 0 Å². The smallest absolute Gasteiger partial charge is 0.435 e. The van der Waals surface area contributed by atoms with Gasteiger partial charge in [-0.25, -0.2) is 17.2 Å². The Morgan fingerprint density at radius 1 is 0.860 bits per heavy atom. The lowest BCUT2D eigenvalue weighted by Crippen LogP contribution is -2.50. The Kier molecular flexibility index (Phi) is 8.16. The van der Waals surface area contributed by atoms with Gasteiger partial charge in [-0.15, -0.1) is 0 Å². The first kappa shape index (κ1) is 32.7. The molecule has 236 valence electrons. The van der Waals surface area contributed by atoms with E-state index in [1.165, 1.54) is 4.90 Å². The van der Waals surface area contributed by atoms with Gasteiger partial charge in [-0.3, -0.25) is 9.59 Å². The second-order valence-electron chi connectivity index (χ2n) is 11.3. The highest BCUT2D eigenvalue weighted by molar-refractivity contribution is 7.92. The standard InChI is InChI=1S/C28H27F8NO5S/c1-24(12-10-17(11-13-24)22(38)39)23(40)37-15-14-25(16-37,43(41,42)21-8-6-20(29)7-9-21)18-2-4-19(5-3-18)26(30,27(31,32)33)28(34,35)36/h2-9,17H,10-16H2,1H3,(H,38,39)/t17?,24?,25-/m0/s1. The van der Waals surface area contributed by atoms with Gasteiger partial charge in [0, 0.05) is 24.1 Å². The Bertz CT molecular complexity index is 1470. The summed E-state index contributed by atoms with van der Waals surface area (Å²) in [7, 11) is -4.59. The highest BCUT2D eigenvalue weighted by atomic mass is 32.2. The fourth-order valence-electron chi connectivity index (χ4n) is 5.99. The first-order chi connectivity index (χ1) is 19.7. The van der Waals surface area contributed by atoms with E-state index in [9.17, 15) is 58.2 Å². The molecule has 0 spiro atoms. The third kappa shape index (κ3) is 5.37. The predicted molar refractivity (Wildman–Crippen MR) is 135 cm³/mol. The van der Waals surface area contributed by atoms with Crippen LogP contribution in [-0.4, -0.2) is 55.7 Å². The number of carbonyl (C=O) groups excluding carboxylic acids is 1. The molecule has 2 aromatic rings. The van der Waals surface area contributed by atoms with Crippen molar-refractivity contribution in [3.05, 3.63) is 65.5 Å². The van der Waals surface area contributed by atoms with Crippen molar-refractivity contribution in [3.63, 3.8) is 0 Å². The van der Waals surface area contributed by atoms with Crippen molar-refractivity contribution in [3.8, 4) is 0 Å². The molecule has 1 saturated heterocycles. The molecule has 0 unspecified atom stereocenters. The molecule has 1 N–H and O–H groups in total. The highest BCUT2D eigenvalue weighted by Crippen LogP contribution is 2.54. The van der Waals surface area contributed by atoms with Crippen molar-refractivity contribution >= 4 is 21.7 Å². The number of rotatable bonds is 6. The first-order valence-corrected chi connectivity index (χ1v) is 14.6. The van der Waals surface area contributed by atoms with Crippen LogP contribution in [0.15, 0.2) is 53.4 Å². The van der Waals surface area contributed by atoms with E-state index in [1.54, 1.807) is 6.92 Å². The molecular formula is C28H27F8NO5S. The lowest BCUT2D eigenvalue weighted by Gasteiger charge is -2.38. The molecule has 2 aromatic carbocycles. The highest BCUT2D eigenvalue weighted by Gasteiger charge is 2.73. The SMILES string of the molecule is CC1(C(=O)N2CC[C@](c3ccc(C(F)(C(F)(F)F)C(F)(F)F)cc3)(S(=O)(=O)c3ccc(F)cc3)C2)CCC(C(=O)O)CC1. The van der Waals surface area contributed by atoms with Crippen LogP contribution in [0.4, 0.5) is 35.1 Å². The molecule has 1 aliphatic carbocycles. The summed E-state index contributed by atoms with van der Waals surface area (Å²) in [5.74, 6) is -2.91. The van der Waals surface area contributed by atoms with E-state index in [0.717, 1.165) is 24.3 Å². The molecule has 15 heteroatoms. The van der Waals surface area contributed by atoms with Gasteiger partial charge in [0.2, 0.25) is 5.91 Å². The third-order valence-corrected chi connectivity index (χ3v) is 11.2. The van der Waals surface area contributed by atoms with Gasteiger partial charge >= 0.3 is 24.0 Å². The summed E-state index contributed by atoms with van der Waals surface area (Å²) >= 11 is 0. The minimum atomic E-state index is -6.38. The molecule has 4 rings (SSSR count). The van der Waals surface area contributed by atoms with Crippen LogP contribution in [-0.2, 0) is 29.8 Å². The van der Waals surface area contributed by atoms with Crippen molar-refractivity contribution in [2.75, 3.05) is 13.1 Å². The minimum Gasteiger partial charge on any atom is -0.481 e. The second kappa shape index (κ2) is 10.7. The number of aliphatic carboxylic acids is 1. The predicted octanol–water partition coefficient (Wildman–Crippen LogP) is 6.30. The van der Waals surface area contributed by atoms with Crippen molar-refractivity contribution in [1.29, 1.82) is 0 Å². The van der Waals surface area contributed by atoms with E-state index in [0.29, 0.717) is 12.1 Å². The van der Waals surface area contributed by atoms with E-state index in [1.807, 2.05) is 0 Å². The Labute approximate surface area is 241 Å². The number of halogens is 8. The van der Waals surface area contributed by atoms with Gasteiger partial charge in [0.25, 0.3) is 0 Å². The maximum atomic E-state index is 14.7. The number of hydrogen-bond acceptors (Lipinski definition) is 4. The average Bonchev–Trinajstić information content (AvgIpc) is 3.39. The normalized spacial score (nSPS) is 25.5. The Hall–Kier alpha value is -3.23. The van der Waals surface area contributed by atoms with E-state index < -0.39 is 78.6 Å². The summed E-state index contributed by atoms with van der Waals surface area (Å²) in [6, 6.07) is 5.36. The molecule has 0 aromatic heterocycles. The maximum absolute atomic E-state index is 14.7. The van der Waals surface area contributed by atoms with Crippen molar-refractivity contribution in [1.82, 2.24) is 4.90 Å². The summed E-state index contributed by atoms with van der Waals surface area (Å²) in [6.07, 6.45) is -12.3. The number of hydrogen-bond donors (Lipinski definition) is 1. The van der Waals surface area contributed by atoms with Crippen LogP contribution in [0.25, 0.3) is 0 Å². The summed E-state index contributed by atoms with van der Waals surface area (Å²) in [5, 5.41) is 9.29. The lowest BCUT2D eigenvalue weighted by molar-refractivity contribution is -0.348. The number of likely N-dealkylation sites (tertiary alicyclic amines) is 1. The third-order valence-electron chi connectivity index (χ3n) is 8.70. The van der Waals surface area contributed by atoms with Crippen LogP contribution in [0.3, 0.4) is 0 Å². The zero-order valence-electron chi connectivity index (χ0n) is 22.6. The zero-order valence-corrected chi connectivity index (χ0v) is 23.4. The van der Waals surface area contributed by atoms with Crippen molar-refractivity contribution in [2.24, 2.45) is 11.3 Å². The molecule has 2 aliphatic rings. The topological polar surface area (TPSA) is 91.8 Å². The number of carbonyl (C=O) groups is 2. The van der Waals surface area contributed by atoms with E-state index in [-0.39, 0.29) is 56.3 Å². The quantitative estimate of drug-likeness (QED) is 0.296. The molecule has 0 radical (unpaired) electrons. The number of benzene rings is 2. The molecule has 1 amide bonds. The second-order valence-corrected chi connectivity index (χ2v) is 13.6. The summed E-state index contributed by atoms with van der Waals surface area (Å²) in [5.41, 5.74) is -8.87. The van der Waals surface area contributed by atoms with Gasteiger partial charge in [-0.05, 0) is 61.9 Å². The number of alkyl halides is 7. The Morgan fingerprint density at radius 2 is 1.37 bits per heavy atom. The molecule has 43 heavy (non-hydrogen) atoms. The number of carboxylic acid groups (broad SMARTS) is 1. The number of sulfone groups is 1. The molecule has 2 fully saturated rings. The van der Waals surface area contributed by atoms with Crippen molar-refractivity contribution in [2.45, 2.75) is 66.7 Å². The average molecular weight is 642 g/mol. The first-order valence-electron chi connectivity index (χ1n) is 13.2. The van der Waals surface area contributed by atoms with Crippen molar-refractivity contribution < 1.29 is 58.2 Å². The zero-order chi connectivity index (χ0) is 32.2. The number of nitrogens with zero attached hydrogens (tertiary/aromatic N) is 1. The van der Waals surface area contributed by atoms with Gasteiger partial charge < -0.3 is 10.0 Å². The minimum absolute atomic E-state index is 0.170. The molecule has 1 heterocycles. The van der Waals surface area contributed by atoms with Crippen LogP contribution in [0, 0.1) is 17.2 Å². The molecule has 0 bridgehead atoms. The Morgan fingerprint density at radius 3 is 1.84 bits per heavy atom. The van der Waals surface area contributed by atoms with Crippen LogP contribution >= 0.6 is 0 Å². The summed E-state index contributed by atoms with van der Waals surface area (Å²) in [4.78, 5) is 25.8. The molecule has 6 nitrogen and oxygen atoms in total. The van der Waals surface area contributed by atoms with Gasteiger partial charge in [0.15, 0.2) is 9.84 Å². The van der Waals surface area contributed by atoms with Crippen LogP contribution in [0.2, 0.25) is 0 Å². The summed E-state index contributed by atoms with van der Waals surface area (Å²) < 4.78 is 134. The number of amides is 1. The van der Waals surface area contributed by atoms with Gasteiger partial charge in [0.1, 0.15) is 10.6 Å². The summed E-state index contributed by atoms with van der Waals surface area (Å²) in [6.45, 7) is 0.894. The Balaban J connectivity index is 1.77. The van der Waals surface area contributed by atoms with Crippen LogP contribution in [0.5, 0.6) is 0 Å². The van der Waals surface area contributed by atoms with E-state index >= 15 is 0 Å². The largest absolute Gasteiger partial charge is 0.481 e. The van der Waals surface area contributed by atoms with Gasteiger partial charge in [-0.2, -0.15) is 26.3 Å².